The zero-order valence-corrected chi connectivity index (χ0v) is 10.6. The highest BCUT2D eigenvalue weighted by Gasteiger charge is 2.38. The lowest BCUT2D eigenvalue weighted by Crippen LogP contribution is -2.50. The van der Waals surface area contributed by atoms with Gasteiger partial charge >= 0.3 is 0 Å². The van der Waals surface area contributed by atoms with Crippen LogP contribution in [0.1, 0.15) is 30.6 Å². The lowest BCUT2D eigenvalue weighted by molar-refractivity contribution is 0.0727. The molecular formula is C12H15ClN2O2. The smallest absolute Gasteiger partial charge is 0.254 e. The minimum Gasteiger partial charge on any atom is -0.376 e. The zero-order chi connectivity index (χ0) is 12.5. The van der Waals surface area contributed by atoms with Gasteiger partial charge in [0.25, 0.3) is 5.91 Å². The molecule has 2 rings (SSSR count). The van der Waals surface area contributed by atoms with Crippen LogP contribution < -0.4 is 5.32 Å². The third-order valence-corrected chi connectivity index (χ3v) is 3.63. The Morgan fingerprint density at radius 2 is 2.47 bits per heavy atom. The van der Waals surface area contributed by atoms with Crippen molar-refractivity contribution in [2.24, 2.45) is 0 Å². The predicted molar refractivity (Wildman–Crippen MR) is 65.1 cm³/mol. The summed E-state index contributed by atoms with van der Waals surface area (Å²) in [5.41, 5.74) is 0.0606. The van der Waals surface area contributed by atoms with Crippen molar-refractivity contribution in [2.45, 2.75) is 31.9 Å². The molecule has 2 atom stereocenters. The van der Waals surface area contributed by atoms with Gasteiger partial charge in [-0.05, 0) is 26.3 Å². The van der Waals surface area contributed by atoms with Crippen LogP contribution in [0.15, 0.2) is 18.5 Å². The number of ether oxygens (including phenoxy) is 1. The summed E-state index contributed by atoms with van der Waals surface area (Å²) >= 11 is 5.95. The summed E-state index contributed by atoms with van der Waals surface area (Å²) in [6.45, 7) is 4.60. The van der Waals surface area contributed by atoms with Gasteiger partial charge in [0.15, 0.2) is 0 Å². The van der Waals surface area contributed by atoms with Gasteiger partial charge in [-0.2, -0.15) is 0 Å². The van der Waals surface area contributed by atoms with E-state index >= 15 is 0 Å². The van der Waals surface area contributed by atoms with Crippen molar-refractivity contribution >= 4 is 17.5 Å². The van der Waals surface area contributed by atoms with Gasteiger partial charge in [0.05, 0.1) is 22.2 Å². The summed E-state index contributed by atoms with van der Waals surface area (Å²) < 4.78 is 5.47. The number of nitrogens with zero attached hydrogens (tertiary/aromatic N) is 1. The Bertz CT molecular complexity index is 438. The van der Waals surface area contributed by atoms with Crippen molar-refractivity contribution in [3.8, 4) is 0 Å². The van der Waals surface area contributed by atoms with E-state index in [0.717, 1.165) is 6.42 Å². The molecule has 1 N–H and O–H groups in total. The molecule has 1 saturated heterocycles. The number of halogens is 1. The maximum Gasteiger partial charge on any atom is 0.254 e. The van der Waals surface area contributed by atoms with Crippen LogP contribution in [0, 0.1) is 0 Å². The van der Waals surface area contributed by atoms with E-state index in [1.54, 1.807) is 12.3 Å². The topological polar surface area (TPSA) is 51.2 Å². The SMILES string of the molecule is CC1OCCC1(C)NC(=O)c1cnccc1Cl. The number of amides is 1. The van der Waals surface area contributed by atoms with Crippen LogP contribution in [0.5, 0.6) is 0 Å². The van der Waals surface area contributed by atoms with Gasteiger partial charge in [-0.1, -0.05) is 11.6 Å². The number of carbonyl (C=O) groups excluding carboxylic acids is 1. The second kappa shape index (κ2) is 4.63. The lowest BCUT2D eigenvalue weighted by Gasteiger charge is -2.28. The van der Waals surface area contributed by atoms with Crippen molar-refractivity contribution in [2.75, 3.05) is 6.61 Å². The van der Waals surface area contributed by atoms with Crippen LogP contribution in [0.2, 0.25) is 5.02 Å². The van der Waals surface area contributed by atoms with Crippen molar-refractivity contribution < 1.29 is 9.53 Å². The van der Waals surface area contributed by atoms with E-state index in [2.05, 4.69) is 10.3 Å². The Morgan fingerprint density at radius 1 is 1.71 bits per heavy atom. The normalized spacial score (nSPS) is 28.1. The Morgan fingerprint density at radius 3 is 3.06 bits per heavy atom. The molecule has 0 radical (unpaired) electrons. The molecule has 1 amide bonds. The first-order valence-electron chi connectivity index (χ1n) is 5.56. The number of pyridine rings is 1. The third kappa shape index (κ3) is 2.42. The highest BCUT2D eigenvalue weighted by atomic mass is 35.5. The molecule has 0 bridgehead atoms. The van der Waals surface area contributed by atoms with Crippen molar-refractivity contribution in [1.29, 1.82) is 0 Å². The average Bonchev–Trinajstić information content (AvgIpc) is 2.59. The molecular weight excluding hydrogens is 240 g/mol. The Kier molecular flexibility index (Phi) is 3.35. The van der Waals surface area contributed by atoms with Crippen LogP contribution in [0.4, 0.5) is 0 Å². The fourth-order valence-corrected chi connectivity index (χ4v) is 2.06. The van der Waals surface area contributed by atoms with E-state index in [4.69, 9.17) is 16.3 Å². The summed E-state index contributed by atoms with van der Waals surface area (Å²) in [6.07, 6.45) is 3.84. The molecule has 0 saturated carbocycles. The number of rotatable bonds is 2. The zero-order valence-electron chi connectivity index (χ0n) is 9.87. The number of hydrogen-bond donors (Lipinski definition) is 1. The fraction of sp³-hybridized carbons (Fsp3) is 0.500. The molecule has 2 unspecified atom stereocenters. The van der Waals surface area contributed by atoms with Gasteiger partial charge in [-0.15, -0.1) is 0 Å². The monoisotopic (exact) mass is 254 g/mol. The molecule has 1 aliphatic rings. The first-order chi connectivity index (χ1) is 8.03. The fourth-order valence-electron chi connectivity index (χ4n) is 1.87. The summed E-state index contributed by atoms with van der Waals surface area (Å²) in [5.74, 6) is -0.206. The second-order valence-corrected chi connectivity index (χ2v) is 4.90. The standard InChI is InChI=1S/C12H15ClN2O2/c1-8-12(2,4-6-17-8)15-11(16)9-7-14-5-3-10(9)13/h3,5,7-8H,4,6H2,1-2H3,(H,15,16). The van der Waals surface area contributed by atoms with E-state index in [0.29, 0.717) is 17.2 Å². The van der Waals surface area contributed by atoms with E-state index in [-0.39, 0.29) is 17.6 Å². The van der Waals surface area contributed by atoms with E-state index in [1.807, 2.05) is 13.8 Å². The molecule has 1 aliphatic heterocycles. The molecule has 5 heteroatoms. The number of hydrogen-bond acceptors (Lipinski definition) is 3. The lowest BCUT2D eigenvalue weighted by atomic mass is 9.94. The predicted octanol–water partition coefficient (Wildman–Crippen LogP) is 2.03. The Hall–Kier alpha value is -1.13. The van der Waals surface area contributed by atoms with E-state index < -0.39 is 0 Å². The van der Waals surface area contributed by atoms with Crippen LogP contribution >= 0.6 is 11.6 Å². The third-order valence-electron chi connectivity index (χ3n) is 3.30. The first kappa shape index (κ1) is 12.3. The van der Waals surface area contributed by atoms with E-state index in [9.17, 15) is 4.79 Å². The van der Waals surface area contributed by atoms with Crippen LogP contribution in [-0.4, -0.2) is 29.1 Å². The molecule has 0 aliphatic carbocycles. The summed E-state index contributed by atoms with van der Waals surface area (Å²) in [6, 6.07) is 1.60. The van der Waals surface area contributed by atoms with Crippen molar-refractivity contribution in [1.82, 2.24) is 10.3 Å². The minimum atomic E-state index is -0.337. The maximum atomic E-state index is 12.1. The number of aromatic nitrogens is 1. The second-order valence-electron chi connectivity index (χ2n) is 4.49. The maximum absolute atomic E-state index is 12.1. The van der Waals surface area contributed by atoms with E-state index in [1.165, 1.54) is 6.20 Å². The summed E-state index contributed by atoms with van der Waals surface area (Å²) in [5, 5.41) is 3.38. The molecule has 4 nitrogen and oxygen atoms in total. The summed E-state index contributed by atoms with van der Waals surface area (Å²) in [7, 11) is 0. The molecule has 92 valence electrons. The quantitative estimate of drug-likeness (QED) is 0.879. The van der Waals surface area contributed by atoms with Crippen LogP contribution in [0.3, 0.4) is 0 Å². The molecule has 1 aromatic heterocycles. The first-order valence-corrected chi connectivity index (χ1v) is 5.94. The van der Waals surface area contributed by atoms with Gasteiger partial charge in [-0.3, -0.25) is 9.78 Å². The van der Waals surface area contributed by atoms with Gasteiger partial charge < -0.3 is 10.1 Å². The van der Waals surface area contributed by atoms with Gasteiger partial charge in [0.1, 0.15) is 0 Å². The molecule has 17 heavy (non-hydrogen) atoms. The van der Waals surface area contributed by atoms with Crippen molar-refractivity contribution in [3.63, 3.8) is 0 Å². The number of nitrogens with one attached hydrogen (secondary N) is 1. The largest absolute Gasteiger partial charge is 0.376 e. The molecule has 0 spiro atoms. The van der Waals surface area contributed by atoms with Crippen LogP contribution in [-0.2, 0) is 4.74 Å². The van der Waals surface area contributed by atoms with Crippen LogP contribution in [0.25, 0.3) is 0 Å². The van der Waals surface area contributed by atoms with Crippen molar-refractivity contribution in [3.05, 3.63) is 29.0 Å². The van der Waals surface area contributed by atoms with Gasteiger partial charge in [0, 0.05) is 19.0 Å². The minimum absolute atomic E-state index is 0.00176. The molecule has 1 fully saturated rings. The molecule has 2 heterocycles. The average molecular weight is 255 g/mol. The molecule has 0 aromatic carbocycles. The number of carbonyl (C=O) groups is 1. The molecule has 1 aromatic rings. The summed E-state index contributed by atoms with van der Waals surface area (Å²) in [4.78, 5) is 16.0. The van der Waals surface area contributed by atoms with Gasteiger partial charge in [-0.25, -0.2) is 0 Å². The highest BCUT2D eigenvalue weighted by Crippen LogP contribution is 2.26. The highest BCUT2D eigenvalue weighted by molar-refractivity contribution is 6.33. The Labute approximate surface area is 105 Å². The Balaban J connectivity index is 2.15. The van der Waals surface area contributed by atoms with Gasteiger partial charge in [0.2, 0.25) is 0 Å².